The summed E-state index contributed by atoms with van der Waals surface area (Å²) in [5, 5.41) is 6.23. The molecule has 1 aromatic rings. The van der Waals surface area contributed by atoms with Gasteiger partial charge in [-0.2, -0.15) is 0 Å². The first-order valence-electron chi connectivity index (χ1n) is 7.36. The van der Waals surface area contributed by atoms with Crippen LogP contribution in [-0.2, 0) is 9.53 Å². The number of carbonyl (C=O) groups excluding carboxylic acids is 1. The lowest BCUT2D eigenvalue weighted by molar-refractivity contribution is -0.120. The molecule has 110 valence electrons. The molecule has 1 aliphatic rings. The van der Waals surface area contributed by atoms with E-state index in [-0.39, 0.29) is 11.9 Å². The highest BCUT2D eigenvalue weighted by Gasteiger charge is 2.15. The van der Waals surface area contributed by atoms with Crippen LogP contribution in [0.15, 0.2) is 24.3 Å². The Balaban J connectivity index is 1.79. The zero-order valence-corrected chi connectivity index (χ0v) is 12.3. The van der Waals surface area contributed by atoms with Crippen LogP contribution in [0.3, 0.4) is 0 Å². The fraction of sp³-hybridized carbons (Fsp3) is 0.562. The van der Waals surface area contributed by atoms with Crippen LogP contribution in [0.1, 0.15) is 38.2 Å². The van der Waals surface area contributed by atoms with Gasteiger partial charge in [0.1, 0.15) is 0 Å². The number of hydrogen-bond acceptors (Lipinski definition) is 3. The minimum atomic E-state index is 0.0480. The number of rotatable bonds is 5. The highest BCUT2D eigenvalue weighted by atomic mass is 16.5. The SMILES string of the molecule is CC(C)c1cccc(NCC(=O)NC2CCOCC2)c1. The predicted octanol–water partition coefficient (Wildman–Crippen LogP) is 2.52. The second-order valence-electron chi connectivity index (χ2n) is 5.59. The summed E-state index contributed by atoms with van der Waals surface area (Å²) in [6.45, 7) is 6.14. The van der Waals surface area contributed by atoms with Gasteiger partial charge in [0.15, 0.2) is 0 Å². The Morgan fingerprint density at radius 3 is 2.80 bits per heavy atom. The summed E-state index contributed by atoms with van der Waals surface area (Å²) >= 11 is 0. The second kappa shape index (κ2) is 7.29. The van der Waals surface area contributed by atoms with Crippen molar-refractivity contribution in [1.29, 1.82) is 0 Å². The minimum Gasteiger partial charge on any atom is -0.381 e. The normalized spacial score (nSPS) is 16.1. The first-order valence-corrected chi connectivity index (χ1v) is 7.36. The average molecular weight is 276 g/mol. The minimum absolute atomic E-state index is 0.0480. The Kier molecular flexibility index (Phi) is 5.41. The summed E-state index contributed by atoms with van der Waals surface area (Å²) in [5.41, 5.74) is 2.28. The van der Waals surface area contributed by atoms with Gasteiger partial charge in [-0.25, -0.2) is 0 Å². The molecule has 0 saturated carbocycles. The van der Waals surface area contributed by atoms with Gasteiger partial charge in [0.05, 0.1) is 6.54 Å². The largest absolute Gasteiger partial charge is 0.381 e. The van der Waals surface area contributed by atoms with Crippen LogP contribution in [-0.4, -0.2) is 31.7 Å². The van der Waals surface area contributed by atoms with Gasteiger partial charge in [0.2, 0.25) is 5.91 Å². The molecule has 1 fully saturated rings. The first kappa shape index (κ1) is 14.9. The summed E-state index contributed by atoms with van der Waals surface area (Å²) in [6, 6.07) is 8.49. The Morgan fingerprint density at radius 2 is 2.10 bits per heavy atom. The van der Waals surface area contributed by atoms with Crippen LogP contribution >= 0.6 is 0 Å². The van der Waals surface area contributed by atoms with E-state index in [1.54, 1.807) is 0 Å². The van der Waals surface area contributed by atoms with Gasteiger partial charge in [0.25, 0.3) is 0 Å². The van der Waals surface area contributed by atoms with E-state index in [0.717, 1.165) is 31.7 Å². The first-order chi connectivity index (χ1) is 9.65. The van der Waals surface area contributed by atoms with Gasteiger partial charge in [-0.05, 0) is 36.5 Å². The van der Waals surface area contributed by atoms with Crippen LogP contribution in [0, 0.1) is 0 Å². The molecule has 2 N–H and O–H groups in total. The van der Waals surface area contributed by atoms with Crippen molar-refractivity contribution in [2.24, 2.45) is 0 Å². The summed E-state index contributed by atoms with van der Waals surface area (Å²) in [7, 11) is 0. The molecule has 4 nitrogen and oxygen atoms in total. The van der Waals surface area contributed by atoms with E-state index in [9.17, 15) is 4.79 Å². The Hall–Kier alpha value is -1.55. The van der Waals surface area contributed by atoms with E-state index in [0.29, 0.717) is 12.5 Å². The predicted molar refractivity (Wildman–Crippen MR) is 81.0 cm³/mol. The molecule has 20 heavy (non-hydrogen) atoms. The molecule has 0 radical (unpaired) electrons. The van der Waals surface area contributed by atoms with Gasteiger partial charge >= 0.3 is 0 Å². The van der Waals surface area contributed by atoms with Crippen molar-refractivity contribution in [2.45, 2.75) is 38.6 Å². The zero-order chi connectivity index (χ0) is 14.4. The number of carbonyl (C=O) groups is 1. The molecule has 0 atom stereocenters. The fourth-order valence-corrected chi connectivity index (χ4v) is 2.31. The molecule has 0 spiro atoms. The molecule has 2 rings (SSSR count). The molecule has 1 aliphatic heterocycles. The Morgan fingerprint density at radius 1 is 1.35 bits per heavy atom. The topological polar surface area (TPSA) is 50.4 Å². The maximum Gasteiger partial charge on any atom is 0.239 e. The van der Waals surface area contributed by atoms with Crippen molar-refractivity contribution in [1.82, 2.24) is 5.32 Å². The van der Waals surface area contributed by atoms with Crippen molar-refractivity contribution in [3.8, 4) is 0 Å². The third-order valence-electron chi connectivity index (χ3n) is 3.59. The standard InChI is InChI=1S/C16H24N2O2/c1-12(2)13-4-3-5-15(10-13)17-11-16(19)18-14-6-8-20-9-7-14/h3-5,10,12,14,17H,6-9,11H2,1-2H3,(H,18,19). The molecule has 0 bridgehead atoms. The second-order valence-corrected chi connectivity index (χ2v) is 5.59. The number of ether oxygens (including phenoxy) is 1. The van der Waals surface area contributed by atoms with Gasteiger partial charge in [-0.1, -0.05) is 26.0 Å². The van der Waals surface area contributed by atoms with Crippen LogP contribution in [0.2, 0.25) is 0 Å². The summed E-state index contributed by atoms with van der Waals surface area (Å²) < 4.78 is 5.28. The maximum atomic E-state index is 11.9. The fourth-order valence-electron chi connectivity index (χ4n) is 2.31. The van der Waals surface area contributed by atoms with E-state index in [1.807, 2.05) is 12.1 Å². The maximum absolute atomic E-state index is 11.9. The highest BCUT2D eigenvalue weighted by molar-refractivity contribution is 5.81. The van der Waals surface area contributed by atoms with E-state index >= 15 is 0 Å². The highest BCUT2D eigenvalue weighted by Crippen LogP contribution is 2.18. The Bertz CT molecular complexity index is 440. The quantitative estimate of drug-likeness (QED) is 0.869. The third kappa shape index (κ3) is 4.53. The molecule has 1 aromatic carbocycles. The van der Waals surface area contributed by atoms with Crippen LogP contribution in [0.5, 0.6) is 0 Å². The lowest BCUT2D eigenvalue weighted by atomic mass is 10.0. The van der Waals surface area contributed by atoms with E-state index < -0.39 is 0 Å². The molecule has 4 heteroatoms. The van der Waals surface area contributed by atoms with E-state index in [1.165, 1.54) is 5.56 Å². The van der Waals surface area contributed by atoms with Crippen LogP contribution in [0.4, 0.5) is 5.69 Å². The van der Waals surface area contributed by atoms with Gasteiger partial charge in [-0.3, -0.25) is 4.79 Å². The lowest BCUT2D eigenvalue weighted by Gasteiger charge is -2.23. The molecule has 0 unspecified atom stereocenters. The number of hydrogen-bond donors (Lipinski definition) is 2. The molecule has 0 aliphatic carbocycles. The van der Waals surface area contributed by atoms with Crippen molar-refractivity contribution in [3.63, 3.8) is 0 Å². The molecule has 0 aromatic heterocycles. The van der Waals surface area contributed by atoms with E-state index in [2.05, 4.69) is 36.6 Å². The van der Waals surface area contributed by atoms with Gasteiger partial charge < -0.3 is 15.4 Å². The molecule has 1 amide bonds. The average Bonchev–Trinajstić information content (AvgIpc) is 2.46. The molecule has 1 heterocycles. The van der Waals surface area contributed by atoms with Crippen molar-refractivity contribution < 1.29 is 9.53 Å². The molecular formula is C16H24N2O2. The zero-order valence-electron chi connectivity index (χ0n) is 12.3. The summed E-state index contributed by atoms with van der Waals surface area (Å²) in [4.78, 5) is 11.9. The van der Waals surface area contributed by atoms with Crippen molar-refractivity contribution in [3.05, 3.63) is 29.8 Å². The number of benzene rings is 1. The van der Waals surface area contributed by atoms with Crippen LogP contribution < -0.4 is 10.6 Å². The number of amides is 1. The smallest absolute Gasteiger partial charge is 0.239 e. The Labute approximate surface area is 120 Å². The molecular weight excluding hydrogens is 252 g/mol. The molecule has 1 saturated heterocycles. The monoisotopic (exact) mass is 276 g/mol. The van der Waals surface area contributed by atoms with Gasteiger partial charge in [-0.15, -0.1) is 0 Å². The van der Waals surface area contributed by atoms with Crippen molar-refractivity contribution in [2.75, 3.05) is 25.1 Å². The number of nitrogens with one attached hydrogen (secondary N) is 2. The van der Waals surface area contributed by atoms with Crippen molar-refractivity contribution >= 4 is 11.6 Å². The summed E-state index contributed by atoms with van der Waals surface area (Å²) in [6.07, 6.45) is 1.82. The number of anilines is 1. The van der Waals surface area contributed by atoms with Crippen LogP contribution in [0.25, 0.3) is 0 Å². The van der Waals surface area contributed by atoms with Gasteiger partial charge in [0, 0.05) is 24.9 Å². The third-order valence-corrected chi connectivity index (χ3v) is 3.59. The van der Waals surface area contributed by atoms with E-state index in [4.69, 9.17) is 4.74 Å². The lowest BCUT2D eigenvalue weighted by Crippen LogP contribution is -2.41. The summed E-state index contributed by atoms with van der Waals surface area (Å²) in [5.74, 6) is 0.541.